The number of ether oxygens (including phenoxy) is 4. The Labute approximate surface area is 483 Å². The lowest BCUT2D eigenvalue weighted by atomic mass is 9.92. The molecule has 4 N–H and O–H groups in total. The Morgan fingerprint density at radius 2 is 1.04 bits per heavy atom. The number of rotatable bonds is 14. The highest BCUT2D eigenvalue weighted by atomic mass is 19.4. The third-order valence-corrected chi connectivity index (χ3v) is 15.6. The van der Waals surface area contributed by atoms with E-state index in [4.69, 9.17) is 34.6 Å². The van der Waals surface area contributed by atoms with E-state index < -0.39 is 35.0 Å². The lowest BCUT2D eigenvalue weighted by Gasteiger charge is -2.36. The number of benzene rings is 4. The van der Waals surface area contributed by atoms with Gasteiger partial charge in [0.25, 0.3) is 0 Å². The molecule has 0 spiro atoms. The van der Waals surface area contributed by atoms with Gasteiger partial charge in [0.15, 0.2) is 0 Å². The van der Waals surface area contributed by atoms with Crippen molar-refractivity contribution in [3.05, 3.63) is 117 Å². The molecule has 21 heteroatoms. The number of anilines is 2. The van der Waals surface area contributed by atoms with Crippen molar-refractivity contribution in [1.29, 1.82) is 10.5 Å². The molecule has 4 aromatic carbocycles. The molecule has 2 saturated carbocycles. The number of carbonyl (C=O) groups is 2. The van der Waals surface area contributed by atoms with E-state index in [1.54, 1.807) is 12.1 Å². The van der Waals surface area contributed by atoms with Gasteiger partial charge in [0.1, 0.15) is 36.9 Å². The van der Waals surface area contributed by atoms with Crippen LogP contribution in [0, 0.1) is 36.5 Å². The first kappa shape index (κ1) is 64.0. The molecule has 15 nitrogen and oxygen atoms in total. The number of hydrogen-bond donors (Lipinski definition) is 4. The van der Waals surface area contributed by atoms with Gasteiger partial charge in [-0.2, -0.15) is 36.9 Å². The lowest BCUT2D eigenvalue weighted by Crippen LogP contribution is -2.51. The molecule has 83 heavy (non-hydrogen) atoms. The summed E-state index contributed by atoms with van der Waals surface area (Å²) in [6, 6.07) is 23.3. The zero-order valence-corrected chi connectivity index (χ0v) is 47.8. The van der Waals surface area contributed by atoms with Gasteiger partial charge in [-0.3, -0.25) is 14.6 Å². The number of piperazine rings is 2. The minimum atomic E-state index is -4.58. The number of nitriles is 2. The smallest absolute Gasteiger partial charge is 0.417 e. The standard InChI is InChI=1S/C30H35F3N4O3.C16H17F3N2O3.C14H20N2O.C2H6/c1-20-2-9-28-22(14-20)15-26(40-28)18-36-10-12-37(13-11-36)29(38)19-39-25-7-5-23(6-8-25)35-24-4-3-21(17-34)27(16-24)30(31,32)33;17-16(18,19)14-7-12(2-1-10(14)8-20)21-11-3-5-13(6-4-11)24-9-15(22)23;1-11-2-3-14-12(8-11)9-13(17-14)10-16-6-4-15-5-7-16;1-2/h2-4,9,14,16,23,25-26,35H,5-8,10-13,15,18-19H2,1H3;1-2,7,11,13,21H,3-6,9H2,(H,22,23);2-3,8,13,15H,4-7,9-10H2,1H3;1-2H3. The molecule has 2 atom stereocenters. The van der Waals surface area contributed by atoms with Crippen molar-refractivity contribution in [1.82, 2.24) is 20.0 Å². The molecular weight excluding hydrogens is 1080 g/mol. The summed E-state index contributed by atoms with van der Waals surface area (Å²) in [5.74, 6) is 1.05. The van der Waals surface area contributed by atoms with Gasteiger partial charge in [-0.1, -0.05) is 49.2 Å². The summed E-state index contributed by atoms with van der Waals surface area (Å²) in [6.07, 6.45) is -1.30. The number of hydrogen-bond acceptors (Lipinski definition) is 13. The summed E-state index contributed by atoms with van der Waals surface area (Å²) in [7, 11) is 0. The molecule has 450 valence electrons. The lowest BCUT2D eigenvalue weighted by molar-refractivity contribution is -0.145. The molecule has 1 amide bonds. The normalized spacial score (nSPS) is 22.4. The second kappa shape index (κ2) is 30.3. The number of carbonyl (C=O) groups excluding carboxylic acids is 1. The fourth-order valence-electron chi connectivity index (χ4n) is 11.4. The highest BCUT2D eigenvalue weighted by Crippen LogP contribution is 2.37. The van der Waals surface area contributed by atoms with Crippen molar-refractivity contribution in [3.8, 4) is 23.6 Å². The van der Waals surface area contributed by atoms with Crippen LogP contribution in [-0.2, 0) is 44.3 Å². The first-order valence-electron chi connectivity index (χ1n) is 28.9. The van der Waals surface area contributed by atoms with Gasteiger partial charge in [0.05, 0.1) is 46.6 Å². The van der Waals surface area contributed by atoms with Gasteiger partial charge in [-0.05, 0) is 125 Å². The van der Waals surface area contributed by atoms with Crippen molar-refractivity contribution in [2.45, 2.75) is 141 Å². The molecule has 2 unspecified atom stereocenters. The van der Waals surface area contributed by atoms with Gasteiger partial charge in [0, 0.05) is 102 Å². The highest BCUT2D eigenvalue weighted by molar-refractivity contribution is 5.77. The zero-order valence-electron chi connectivity index (χ0n) is 47.8. The van der Waals surface area contributed by atoms with Gasteiger partial charge in [-0.25, -0.2) is 4.79 Å². The fourth-order valence-corrected chi connectivity index (χ4v) is 11.4. The SMILES string of the molecule is CC.Cc1ccc2c(c1)CC(CN1CCN(C(=O)COC3CCC(Nc4ccc(C#N)c(C(F)(F)F)c4)CC3)CC1)O2.Cc1ccc2c(c1)CC(CN1CCNCC1)O2.N#Cc1ccc(NC2CCC(OCC(=O)O)CC2)cc1C(F)(F)F. The third-order valence-electron chi connectivity index (χ3n) is 15.6. The number of amides is 1. The number of carboxylic acids is 1. The van der Waals surface area contributed by atoms with Gasteiger partial charge in [-0.15, -0.1) is 0 Å². The Morgan fingerprint density at radius 1 is 0.614 bits per heavy atom. The molecular formula is C62H78F6N8O7. The number of aryl methyl sites for hydroxylation is 2. The van der Waals surface area contributed by atoms with Crippen LogP contribution in [0.1, 0.15) is 110 Å². The number of nitrogens with zero attached hydrogens (tertiary/aromatic N) is 5. The van der Waals surface area contributed by atoms with Crippen LogP contribution in [0.25, 0.3) is 0 Å². The molecule has 4 heterocycles. The molecule has 0 aromatic heterocycles. The van der Waals surface area contributed by atoms with Crippen LogP contribution in [0.2, 0.25) is 0 Å². The fraction of sp³-hybridized carbons (Fsp3) is 0.548. The van der Waals surface area contributed by atoms with Crippen LogP contribution < -0.4 is 25.4 Å². The van der Waals surface area contributed by atoms with E-state index in [-0.39, 0.29) is 55.1 Å². The first-order chi connectivity index (χ1) is 39.8. The Morgan fingerprint density at radius 3 is 1.45 bits per heavy atom. The highest BCUT2D eigenvalue weighted by Gasteiger charge is 2.36. The Bertz CT molecular complexity index is 2850. The van der Waals surface area contributed by atoms with Crippen molar-refractivity contribution in [2.75, 3.05) is 89.3 Å². The average molecular weight is 1160 g/mol. The molecule has 4 aliphatic heterocycles. The van der Waals surface area contributed by atoms with Gasteiger partial charge < -0.3 is 44.9 Å². The van der Waals surface area contributed by atoms with E-state index in [0.717, 1.165) is 121 Å². The predicted molar refractivity (Wildman–Crippen MR) is 303 cm³/mol. The Hall–Kier alpha value is -6.62. The Balaban J connectivity index is 0.000000194. The molecule has 4 aromatic rings. The number of halogens is 6. The molecule has 0 radical (unpaired) electrons. The van der Waals surface area contributed by atoms with Gasteiger partial charge in [0.2, 0.25) is 5.91 Å². The van der Waals surface area contributed by atoms with Gasteiger partial charge >= 0.3 is 18.3 Å². The van der Waals surface area contributed by atoms with E-state index in [0.29, 0.717) is 56.3 Å². The molecule has 10 rings (SSSR count). The van der Waals surface area contributed by atoms with E-state index in [9.17, 15) is 35.9 Å². The van der Waals surface area contributed by atoms with Crippen LogP contribution in [0.5, 0.6) is 11.5 Å². The topological polar surface area (TPSA) is 185 Å². The number of alkyl halides is 6. The summed E-state index contributed by atoms with van der Waals surface area (Å²) in [4.78, 5) is 30.0. The minimum absolute atomic E-state index is 0.00263. The summed E-state index contributed by atoms with van der Waals surface area (Å²) in [5.41, 5.74) is 3.22. The molecule has 4 fully saturated rings. The van der Waals surface area contributed by atoms with Crippen molar-refractivity contribution < 1.29 is 60.0 Å². The van der Waals surface area contributed by atoms with Crippen molar-refractivity contribution >= 4 is 23.3 Å². The van der Waals surface area contributed by atoms with Crippen LogP contribution in [0.3, 0.4) is 0 Å². The summed E-state index contributed by atoms with van der Waals surface area (Å²) in [5, 5.41) is 35.9. The average Bonchev–Trinajstić information content (AvgIpc) is 4.31. The second-order valence-electron chi connectivity index (χ2n) is 21.8. The predicted octanol–water partition coefficient (Wildman–Crippen LogP) is 10.4. The number of carboxylic acid groups (broad SMARTS) is 1. The summed E-state index contributed by atoms with van der Waals surface area (Å²) in [6.45, 7) is 17.3. The molecule has 2 saturated heterocycles. The van der Waals surface area contributed by atoms with E-state index in [1.165, 1.54) is 40.5 Å². The van der Waals surface area contributed by atoms with Crippen LogP contribution in [0.15, 0.2) is 72.8 Å². The van der Waals surface area contributed by atoms with E-state index in [1.807, 2.05) is 24.8 Å². The number of nitrogens with one attached hydrogen (secondary N) is 3. The molecule has 0 bridgehead atoms. The molecule has 2 aliphatic carbocycles. The van der Waals surface area contributed by atoms with Crippen LogP contribution in [0.4, 0.5) is 37.7 Å². The van der Waals surface area contributed by atoms with Crippen LogP contribution in [-0.4, -0.2) is 147 Å². The zero-order chi connectivity index (χ0) is 59.7. The maximum absolute atomic E-state index is 13.3. The summed E-state index contributed by atoms with van der Waals surface area (Å²) < 4.78 is 102. The quantitative estimate of drug-likeness (QED) is 0.0875. The maximum atomic E-state index is 13.3. The first-order valence-corrected chi connectivity index (χ1v) is 28.9. The molecule has 6 aliphatic rings. The number of aliphatic carboxylic acids is 1. The maximum Gasteiger partial charge on any atom is 0.417 e. The third kappa shape index (κ3) is 19.2. The minimum Gasteiger partial charge on any atom is -0.488 e. The Kier molecular flexibility index (Phi) is 23.3. The monoisotopic (exact) mass is 1160 g/mol. The van der Waals surface area contributed by atoms with Crippen molar-refractivity contribution in [2.24, 2.45) is 0 Å². The van der Waals surface area contributed by atoms with Crippen molar-refractivity contribution in [3.63, 3.8) is 0 Å². The van der Waals surface area contributed by atoms with E-state index in [2.05, 4.69) is 69.9 Å². The van der Waals surface area contributed by atoms with Crippen LogP contribution >= 0.6 is 0 Å². The van der Waals surface area contributed by atoms with E-state index >= 15 is 0 Å². The largest absolute Gasteiger partial charge is 0.488 e. The number of fused-ring (bicyclic) bond motifs is 2. The second-order valence-corrected chi connectivity index (χ2v) is 21.8. The summed E-state index contributed by atoms with van der Waals surface area (Å²) >= 11 is 0.